The van der Waals surface area contributed by atoms with Gasteiger partial charge in [0.05, 0.1) is 6.26 Å². The van der Waals surface area contributed by atoms with E-state index in [1.165, 1.54) is 11.5 Å². The standard InChI is InChI=1S/C2H9N2O5PS/c1-3-9-10(5,6)4-11(2,7)8/h3H,1-2H3,(H2,4,5,6). The van der Waals surface area contributed by atoms with Gasteiger partial charge >= 0.3 is 7.75 Å². The van der Waals surface area contributed by atoms with Crippen LogP contribution >= 0.6 is 7.75 Å². The van der Waals surface area contributed by atoms with Crippen LogP contribution in [-0.2, 0) is 19.2 Å². The average Bonchev–Trinajstić information content (AvgIpc) is 1.55. The molecule has 3 N–H and O–H groups in total. The summed E-state index contributed by atoms with van der Waals surface area (Å²) in [4.78, 5) is 8.63. The van der Waals surface area contributed by atoms with E-state index in [2.05, 4.69) is 4.62 Å². The van der Waals surface area contributed by atoms with Gasteiger partial charge in [0.15, 0.2) is 0 Å². The maximum Gasteiger partial charge on any atom is 0.432 e. The van der Waals surface area contributed by atoms with Crippen LogP contribution in [0.15, 0.2) is 0 Å². The van der Waals surface area contributed by atoms with E-state index in [9.17, 15) is 13.0 Å². The zero-order chi connectivity index (χ0) is 9.12. The van der Waals surface area contributed by atoms with Crippen molar-refractivity contribution in [2.45, 2.75) is 0 Å². The molecule has 0 aliphatic rings. The van der Waals surface area contributed by atoms with Gasteiger partial charge in [-0.3, -0.25) is 0 Å². The lowest BCUT2D eigenvalue weighted by molar-refractivity contribution is 0.185. The van der Waals surface area contributed by atoms with E-state index in [1.54, 1.807) is 0 Å². The van der Waals surface area contributed by atoms with Crippen LogP contribution in [0.1, 0.15) is 0 Å². The lowest BCUT2D eigenvalue weighted by Crippen LogP contribution is -2.22. The van der Waals surface area contributed by atoms with E-state index in [-0.39, 0.29) is 0 Å². The summed E-state index contributed by atoms with van der Waals surface area (Å²) in [6.07, 6.45) is 0.745. The normalized spacial score (nSPS) is 17.7. The molecule has 0 amide bonds. The van der Waals surface area contributed by atoms with Crippen LogP contribution < -0.4 is 9.97 Å². The van der Waals surface area contributed by atoms with Crippen molar-refractivity contribution in [2.75, 3.05) is 13.3 Å². The van der Waals surface area contributed by atoms with E-state index in [4.69, 9.17) is 4.89 Å². The second kappa shape index (κ2) is 3.61. The Morgan fingerprint density at radius 1 is 1.55 bits per heavy atom. The van der Waals surface area contributed by atoms with E-state index < -0.39 is 17.8 Å². The molecule has 0 aromatic carbocycles. The second-order valence-corrected chi connectivity index (χ2v) is 5.18. The number of hydroxylamine groups is 1. The van der Waals surface area contributed by atoms with Gasteiger partial charge in [0.2, 0.25) is 10.0 Å². The Morgan fingerprint density at radius 3 is 2.27 bits per heavy atom. The molecule has 0 aromatic rings. The highest BCUT2D eigenvalue weighted by Crippen LogP contribution is 2.35. The third-order valence-corrected chi connectivity index (χ3v) is 3.18. The summed E-state index contributed by atoms with van der Waals surface area (Å²) in [5.41, 5.74) is 1.89. The van der Waals surface area contributed by atoms with Gasteiger partial charge in [0.25, 0.3) is 0 Å². The molecule has 0 saturated heterocycles. The predicted molar refractivity (Wildman–Crippen MR) is 37.9 cm³/mol. The fourth-order valence-corrected chi connectivity index (χ4v) is 2.42. The van der Waals surface area contributed by atoms with Crippen LogP contribution in [0.2, 0.25) is 0 Å². The van der Waals surface area contributed by atoms with Crippen molar-refractivity contribution in [1.82, 2.24) is 9.97 Å². The highest BCUT2D eigenvalue weighted by atomic mass is 32.2. The van der Waals surface area contributed by atoms with Gasteiger partial charge in [-0.05, 0) is 0 Å². The summed E-state index contributed by atoms with van der Waals surface area (Å²) in [7, 11) is -6.77. The molecule has 11 heavy (non-hydrogen) atoms. The lowest BCUT2D eigenvalue weighted by Gasteiger charge is -2.08. The topological polar surface area (TPSA) is 105 Å². The number of sulfonamides is 1. The molecular formula is C2H9N2O5PS. The van der Waals surface area contributed by atoms with E-state index in [0.29, 0.717) is 0 Å². The molecule has 1 unspecified atom stereocenters. The van der Waals surface area contributed by atoms with E-state index in [1.807, 2.05) is 5.48 Å². The number of rotatable bonds is 4. The minimum Gasteiger partial charge on any atom is -0.311 e. The Bertz CT molecular complexity index is 260. The molecule has 9 heteroatoms. The molecule has 0 aliphatic carbocycles. The molecule has 0 fully saturated rings. The molecule has 0 saturated carbocycles. The van der Waals surface area contributed by atoms with Crippen molar-refractivity contribution >= 4 is 17.8 Å². The van der Waals surface area contributed by atoms with E-state index in [0.717, 1.165) is 6.26 Å². The highest BCUT2D eigenvalue weighted by molar-refractivity contribution is 7.94. The minimum absolute atomic E-state index is 0.745. The Labute approximate surface area is 64.3 Å². The Hall–Kier alpha value is 0.0200. The molecule has 0 rings (SSSR count). The van der Waals surface area contributed by atoms with Gasteiger partial charge in [-0.25, -0.2) is 17.6 Å². The third kappa shape index (κ3) is 6.42. The van der Waals surface area contributed by atoms with Crippen LogP contribution in [0.5, 0.6) is 0 Å². The molecule has 0 spiro atoms. The maximum atomic E-state index is 10.6. The lowest BCUT2D eigenvalue weighted by atomic mass is 11.6. The fraction of sp³-hybridized carbons (Fsp3) is 1.00. The van der Waals surface area contributed by atoms with Crippen LogP contribution in [0.3, 0.4) is 0 Å². The summed E-state index contributed by atoms with van der Waals surface area (Å²) in [6, 6.07) is 0. The molecule has 0 radical (unpaired) electrons. The fourth-order valence-electron chi connectivity index (χ4n) is 0.352. The quantitative estimate of drug-likeness (QED) is 0.392. The van der Waals surface area contributed by atoms with Crippen molar-refractivity contribution in [3.63, 3.8) is 0 Å². The van der Waals surface area contributed by atoms with Crippen molar-refractivity contribution in [2.24, 2.45) is 0 Å². The van der Waals surface area contributed by atoms with Crippen LogP contribution in [0.4, 0.5) is 0 Å². The van der Waals surface area contributed by atoms with Gasteiger partial charge in [-0.2, -0.15) is 5.48 Å². The smallest absolute Gasteiger partial charge is 0.311 e. The van der Waals surface area contributed by atoms with Gasteiger partial charge in [-0.15, -0.1) is 4.49 Å². The highest BCUT2D eigenvalue weighted by Gasteiger charge is 2.23. The monoisotopic (exact) mass is 204 g/mol. The van der Waals surface area contributed by atoms with Crippen molar-refractivity contribution in [1.29, 1.82) is 0 Å². The molecule has 68 valence electrons. The summed E-state index contributed by atoms with van der Waals surface area (Å²) in [5.74, 6) is 0. The predicted octanol–water partition coefficient (Wildman–Crippen LogP) is -1.21. The second-order valence-electron chi connectivity index (χ2n) is 1.68. The van der Waals surface area contributed by atoms with Gasteiger partial charge in [0.1, 0.15) is 0 Å². The molecule has 7 nitrogen and oxygen atoms in total. The molecular weight excluding hydrogens is 195 g/mol. The van der Waals surface area contributed by atoms with Crippen molar-refractivity contribution < 1.29 is 22.5 Å². The first-order valence-corrected chi connectivity index (χ1v) is 5.91. The molecule has 0 heterocycles. The molecule has 0 aliphatic heterocycles. The number of nitrogens with one attached hydrogen (secondary N) is 2. The van der Waals surface area contributed by atoms with E-state index >= 15 is 0 Å². The summed E-state index contributed by atoms with van der Waals surface area (Å²) < 4.78 is 36.7. The largest absolute Gasteiger partial charge is 0.432 e. The first kappa shape index (κ1) is 11.0. The average molecular weight is 204 g/mol. The Kier molecular flexibility index (Phi) is 3.62. The van der Waals surface area contributed by atoms with Crippen LogP contribution in [0, 0.1) is 0 Å². The van der Waals surface area contributed by atoms with Crippen LogP contribution in [-0.4, -0.2) is 26.6 Å². The van der Waals surface area contributed by atoms with Gasteiger partial charge in [-0.1, -0.05) is 0 Å². The Morgan fingerprint density at radius 2 is 2.00 bits per heavy atom. The Balaban J connectivity index is 4.26. The maximum absolute atomic E-state index is 10.6. The first-order valence-electron chi connectivity index (χ1n) is 2.44. The van der Waals surface area contributed by atoms with Gasteiger partial charge < -0.3 is 4.89 Å². The zero-order valence-corrected chi connectivity index (χ0v) is 7.65. The summed E-state index contributed by atoms with van der Waals surface area (Å²) in [6.45, 7) is 0. The molecule has 0 aromatic heterocycles. The minimum atomic E-state index is -4.26. The van der Waals surface area contributed by atoms with Crippen LogP contribution in [0.25, 0.3) is 0 Å². The number of hydrogen-bond acceptors (Lipinski definition) is 5. The van der Waals surface area contributed by atoms with Gasteiger partial charge in [0, 0.05) is 7.05 Å². The SMILES string of the molecule is CNOP(=O)(O)NS(C)(=O)=O. The summed E-state index contributed by atoms with van der Waals surface area (Å²) in [5, 5.41) is 0. The summed E-state index contributed by atoms with van der Waals surface area (Å²) >= 11 is 0. The first-order chi connectivity index (χ1) is 4.77. The van der Waals surface area contributed by atoms with Crippen molar-refractivity contribution in [3.05, 3.63) is 0 Å². The molecule has 0 bridgehead atoms. The van der Waals surface area contributed by atoms with Crippen molar-refractivity contribution in [3.8, 4) is 0 Å². The third-order valence-electron chi connectivity index (χ3n) is 0.496. The number of hydrogen-bond donors (Lipinski definition) is 3. The molecule has 1 atom stereocenters. The zero-order valence-electron chi connectivity index (χ0n) is 5.94.